The number of aromatic nitrogens is 2. The summed E-state index contributed by atoms with van der Waals surface area (Å²) in [5.74, 6) is -0.853. The van der Waals surface area contributed by atoms with Crippen molar-refractivity contribution in [2.45, 2.75) is 32.8 Å². The van der Waals surface area contributed by atoms with Crippen LogP contribution in [0.3, 0.4) is 0 Å². The Labute approximate surface area is 191 Å². The number of carbonyl (C=O) groups excluding carboxylic acids is 1. The van der Waals surface area contributed by atoms with Crippen LogP contribution >= 0.6 is 0 Å². The minimum Gasteiger partial charge on any atom is -0.478 e. The minimum atomic E-state index is -1.20. The lowest BCUT2D eigenvalue weighted by Gasteiger charge is -2.38. The maximum Gasteiger partial charge on any atom is 0.410 e. The number of hydrogen-bond acceptors (Lipinski definition) is 7. The molecule has 2 aliphatic rings. The molecular weight excluding hydrogens is 429 g/mol. The lowest BCUT2D eigenvalue weighted by atomic mass is 10.1. The van der Waals surface area contributed by atoms with Crippen LogP contribution in [-0.4, -0.2) is 70.4 Å². The Balaban J connectivity index is 1.51. The summed E-state index contributed by atoms with van der Waals surface area (Å²) >= 11 is 0. The van der Waals surface area contributed by atoms with Crippen molar-refractivity contribution in [3.05, 3.63) is 42.1 Å². The third kappa shape index (κ3) is 4.99. The van der Waals surface area contributed by atoms with Crippen molar-refractivity contribution in [3.63, 3.8) is 0 Å². The number of amides is 1. The molecule has 1 fully saturated rings. The number of carboxylic acid groups (broad SMARTS) is 1. The van der Waals surface area contributed by atoms with Gasteiger partial charge in [-0.3, -0.25) is 0 Å². The molecule has 1 aromatic heterocycles. The van der Waals surface area contributed by atoms with Crippen molar-refractivity contribution in [2.75, 3.05) is 42.5 Å². The van der Waals surface area contributed by atoms with Gasteiger partial charge in [-0.25, -0.2) is 23.9 Å². The van der Waals surface area contributed by atoms with Crippen LogP contribution in [0.25, 0.3) is 0 Å². The lowest BCUT2D eigenvalue weighted by Crippen LogP contribution is -2.43. The fourth-order valence-electron chi connectivity index (χ4n) is 4.33. The van der Waals surface area contributed by atoms with E-state index in [2.05, 4.69) is 14.9 Å². The van der Waals surface area contributed by atoms with Crippen LogP contribution < -0.4 is 9.80 Å². The molecule has 1 N–H and O–H groups in total. The number of fused-ring (bicyclic) bond motifs is 1. The van der Waals surface area contributed by atoms with Gasteiger partial charge >= 0.3 is 12.1 Å². The average Bonchev–Trinajstić information content (AvgIpc) is 3.22. The van der Waals surface area contributed by atoms with Crippen LogP contribution in [0.15, 0.2) is 30.7 Å². The van der Waals surface area contributed by atoms with E-state index < -0.39 is 17.4 Å². The maximum absolute atomic E-state index is 13.7. The highest BCUT2D eigenvalue weighted by Crippen LogP contribution is 2.38. The molecule has 3 heterocycles. The molecule has 176 valence electrons. The number of anilines is 3. The standard InChI is InChI=1S/C23H28FN5O4/c1-23(2,3)33-22(32)28-7-6-15(13-28)12-27-8-9-29(19-11-25-14-26-20(19)27)18-5-4-16(24)10-17(18)21(30)31/h4-5,10-11,14-15H,6-9,12-13H2,1-3H3,(H,30,31). The Bertz CT molecular complexity index is 1060. The summed E-state index contributed by atoms with van der Waals surface area (Å²) < 4.78 is 19.2. The maximum atomic E-state index is 13.7. The Morgan fingerprint density at radius 1 is 1.21 bits per heavy atom. The zero-order valence-electron chi connectivity index (χ0n) is 19.0. The van der Waals surface area contributed by atoms with Crippen LogP contribution in [0.1, 0.15) is 37.6 Å². The number of carboxylic acids is 1. The Hall–Kier alpha value is -3.43. The second kappa shape index (κ2) is 8.84. The van der Waals surface area contributed by atoms with Crippen molar-refractivity contribution in [1.82, 2.24) is 14.9 Å². The van der Waals surface area contributed by atoms with Crippen LogP contribution in [0.5, 0.6) is 0 Å². The van der Waals surface area contributed by atoms with Crippen molar-refractivity contribution in [3.8, 4) is 0 Å². The van der Waals surface area contributed by atoms with Gasteiger partial charge in [0.2, 0.25) is 0 Å². The van der Waals surface area contributed by atoms with E-state index in [1.165, 1.54) is 18.5 Å². The van der Waals surface area contributed by atoms with E-state index in [9.17, 15) is 19.1 Å². The summed E-state index contributed by atoms with van der Waals surface area (Å²) in [5.41, 5.74) is 0.426. The van der Waals surface area contributed by atoms with Crippen LogP contribution in [0.2, 0.25) is 0 Å². The van der Waals surface area contributed by atoms with E-state index in [0.717, 1.165) is 12.5 Å². The zero-order valence-corrected chi connectivity index (χ0v) is 19.0. The molecule has 4 rings (SSSR count). The number of benzene rings is 1. The molecule has 2 aromatic rings. The quantitative estimate of drug-likeness (QED) is 0.745. The molecule has 9 nitrogen and oxygen atoms in total. The molecule has 2 aliphatic heterocycles. The minimum absolute atomic E-state index is 0.109. The first-order chi connectivity index (χ1) is 15.6. The van der Waals surface area contributed by atoms with Crippen molar-refractivity contribution < 1.29 is 23.8 Å². The number of hydrogen-bond donors (Lipinski definition) is 1. The highest BCUT2D eigenvalue weighted by atomic mass is 19.1. The fourth-order valence-corrected chi connectivity index (χ4v) is 4.33. The highest BCUT2D eigenvalue weighted by molar-refractivity contribution is 5.96. The molecule has 0 saturated carbocycles. The molecule has 0 radical (unpaired) electrons. The summed E-state index contributed by atoms with van der Waals surface area (Å²) in [6.45, 7) is 8.61. The molecule has 0 spiro atoms. The summed E-state index contributed by atoms with van der Waals surface area (Å²) in [7, 11) is 0. The molecule has 0 bridgehead atoms. The van der Waals surface area contributed by atoms with Gasteiger partial charge in [-0.05, 0) is 51.3 Å². The van der Waals surface area contributed by atoms with E-state index >= 15 is 0 Å². The van der Waals surface area contributed by atoms with E-state index in [0.29, 0.717) is 49.9 Å². The summed E-state index contributed by atoms with van der Waals surface area (Å²) in [4.78, 5) is 38.4. The zero-order chi connectivity index (χ0) is 23.8. The van der Waals surface area contributed by atoms with Gasteiger partial charge in [-0.15, -0.1) is 0 Å². The average molecular weight is 458 g/mol. The van der Waals surface area contributed by atoms with Gasteiger partial charge in [0.1, 0.15) is 23.4 Å². The first kappa shape index (κ1) is 22.8. The Morgan fingerprint density at radius 3 is 2.73 bits per heavy atom. The number of aromatic carboxylic acids is 1. The van der Waals surface area contributed by atoms with Gasteiger partial charge in [-0.1, -0.05) is 0 Å². The second-order valence-corrected chi connectivity index (χ2v) is 9.38. The number of halogens is 1. The number of carbonyl (C=O) groups is 2. The van der Waals surface area contributed by atoms with E-state index in [4.69, 9.17) is 4.74 Å². The lowest BCUT2D eigenvalue weighted by molar-refractivity contribution is 0.0288. The van der Waals surface area contributed by atoms with E-state index in [1.807, 2.05) is 25.7 Å². The smallest absolute Gasteiger partial charge is 0.410 e. The van der Waals surface area contributed by atoms with Gasteiger partial charge in [0.05, 0.1) is 17.4 Å². The third-order valence-electron chi connectivity index (χ3n) is 5.75. The topological polar surface area (TPSA) is 99.1 Å². The normalized spacial score (nSPS) is 18.3. The molecule has 1 amide bonds. The van der Waals surface area contributed by atoms with Crippen molar-refractivity contribution in [2.24, 2.45) is 5.92 Å². The third-order valence-corrected chi connectivity index (χ3v) is 5.75. The molecular formula is C23H28FN5O4. The molecule has 1 atom stereocenters. The molecule has 33 heavy (non-hydrogen) atoms. The van der Waals surface area contributed by atoms with Crippen LogP contribution in [0, 0.1) is 11.7 Å². The number of ether oxygens (including phenoxy) is 1. The second-order valence-electron chi connectivity index (χ2n) is 9.38. The predicted octanol–water partition coefficient (Wildman–Crippen LogP) is 3.53. The van der Waals surface area contributed by atoms with Gasteiger partial charge in [0.15, 0.2) is 5.82 Å². The predicted molar refractivity (Wildman–Crippen MR) is 121 cm³/mol. The monoisotopic (exact) mass is 457 g/mol. The number of nitrogens with zero attached hydrogens (tertiary/aromatic N) is 5. The summed E-state index contributed by atoms with van der Waals surface area (Å²) in [6.07, 6.45) is 3.67. The van der Waals surface area contributed by atoms with Gasteiger partial charge in [-0.2, -0.15) is 0 Å². The Morgan fingerprint density at radius 2 is 2.00 bits per heavy atom. The first-order valence-corrected chi connectivity index (χ1v) is 11.0. The van der Waals surface area contributed by atoms with Crippen molar-refractivity contribution in [1.29, 1.82) is 0 Å². The molecule has 10 heteroatoms. The molecule has 1 aromatic carbocycles. The van der Waals surface area contributed by atoms with Gasteiger partial charge in [0, 0.05) is 32.7 Å². The van der Waals surface area contributed by atoms with Crippen LogP contribution in [-0.2, 0) is 4.74 Å². The van der Waals surface area contributed by atoms with Crippen LogP contribution in [0.4, 0.5) is 26.4 Å². The van der Waals surface area contributed by atoms with E-state index in [-0.39, 0.29) is 17.6 Å². The van der Waals surface area contributed by atoms with Crippen molar-refractivity contribution >= 4 is 29.3 Å². The van der Waals surface area contributed by atoms with Gasteiger partial charge in [0.25, 0.3) is 0 Å². The summed E-state index contributed by atoms with van der Waals surface area (Å²) in [6, 6.07) is 3.75. The molecule has 1 saturated heterocycles. The SMILES string of the molecule is CC(C)(C)OC(=O)N1CCC(CN2CCN(c3ccc(F)cc3C(=O)O)c3cncnc32)C1. The highest BCUT2D eigenvalue weighted by Gasteiger charge is 2.33. The largest absolute Gasteiger partial charge is 0.478 e. The fraction of sp³-hybridized carbons (Fsp3) is 0.478. The molecule has 0 aliphatic carbocycles. The number of likely N-dealkylation sites (tertiary alicyclic amines) is 1. The van der Waals surface area contributed by atoms with Gasteiger partial charge < -0.3 is 24.5 Å². The van der Waals surface area contributed by atoms with E-state index in [1.54, 1.807) is 11.1 Å². The first-order valence-electron chi connectivity index (χ1n) is 11.0. The summed E-state index contributed by atoms with van der Waals surface area (Å²) in [5, 5.41) is 9.57. The Kier molecular flexibility index (Phi) is 6.09. The molecule has 1 unspecified atom stereocenters. The number of rotatable bonds is 4.